The van der Waals surface area contributed by atoms with Crippen LogP contribution in [0, 0.1) is 5.92 Å². The lowest BCUT2D eigenvalue weighted by Gasteiger charge is -2.14. The van der Waals surface area contributed by atoms with E-state index in [1.807, 2.05) is 0 Å². The van der Waals surface area contributed by atoms with Crippen molar-refractivity contribution in [2.75, 3.05) is 0 Å². The van der Waals surface area contributed by atoms with E-state index >= 15 is 0 Å². The van der Waals surface area contributed by atoms with Gasteiger partial charge in [-0.2, -0.15) is 0 Å². The highest BCUT2D eigenvalue weighted by Crippen LogP contribution is 2.24. The molecular formula is C13H22. The molecular weight excluding hydrogens is 156 g/mol. The molecule has 0 atom stereocenters. The van der Waals surface area contributed by atoms with Gasteiger partial charge in [-0.05, 0) is 35.5 Å². The molecule has 0 saturated carbocycles. The van der Waals surface area contributed by atoms with E-state index in [4.69, 9.17) is 0 Å². The van der Waals surface area contributed by atoms with Crippen LogP contribution in [0.4, 0.5) is 0 Å². The Morgan fingerprint density at radius 2 is 1.69 bits per heavy atom. The zero-order valence-electron chi connectivity index (χ0n) is 9.32. The molecule has 0 aliphatic carbocycles. The number of unbranched alkanes of at least 4 members (excludes halogenated alkanes) is 1. The Labute approximate surface area is 83.0 Å². The topological polar surface area (TPSA) is 0 Å². The summed E-state index contributed by atoms with van der Waals surface area (Å²) >= 11 is 0. The van der Waals surface area contributed by atoms with E-state index in [0.717, 1.165) is 23.1 Å². The van der Waals surface area contributed by atoms with Crippen LogP contribution in [0.5, 0.6) is 0 Å². The van der Waals surface area contributed by atoms with Gasteiger partial charge in [-0.1, -0.05) is 46.9 Å². The van der Waals surface area contributed by atoms with Crippen LogP contribution in [-0.2, 0) is 0 Å². The van der Waals surface area contributed by atoms with Crippen LogP contribution < -0.4 is 0 Å². The third-order valence-electron chi connectivity index (χ3n) is 2.34. The third-order valence-corrected chi connectivity index (χ3v) is 2.34. The molecule has 0 radical (unpaired) electrons. The lowest BCUT2D eigenvalue weighted by atomic mass is 9.91. The fourth-order valence-corrected chi connectivity index (χ4v) is 1.12. The first-order valence-corrected chi connectivity index (χ1v) is 5.06. The van der Waals surface area contributed by atoms with Gasteiger partial charge in [-0.25, -0.2) is 0 Å². The number of hydrogen-bond donors (Lipinski definition) is 0. The molecule has 0 aromatic rings. The predicted octanol–water partition coefficient (Wildman–Crippen LogP) is 4.50. The number of hydrogen-bond acceptors (Lipinski definition) is 0. The van der Waals surface area contributed by atoms with Gasteiger partial charge in [-0.3, -0.25) is 0 Å². The Bertz CT molecular complexity index is 206. The molecule has 0 rings (SSSR count). The Balaban J connectivity index is 4.11. The zero-order chi connectivity index (χ0) is 10.4. The highest BCUT2D eigenvalue weighted by atomic mass is 14.1. The maximum Gasteiger partial charge on any atom is -0.0219 e. The monoisotopic (exact) mass is 178 g/mol. The largest absolute Gasteiger partial charge is 0.0952 e. The molecule has 74 valence electrons. The highest BCUT2D eigenvalue weighted by Gasteiger charge is 2.07. The minimum Gasteiger partial charge on any atom is -0.0952 e. The van der Waals surface area contributed by atoms with Crippen molar-refractivity contribution in [3.8, 4) is 0 Å². The summed E-state index contributed by atoms with van der Waals surface area (Å²) in [5, 5.41) is 0. The standard InChI is InChI=1S/C13H22/c1-7-8-9-11(4)13(6)12(5)10(2)3/h10H,4-9H2,1-3H3. The average Bonchev–Trinajstić information content (AvgIpc) is 2.11. The van der Waals surface area contributed by atoms with Crippen LogP contribution in [0.25, 0.3) is 0 Å². The van der Waals surface area contributed by atoms with Gasteiger partial charge in [0.1, 0.15) is 0 Å². The first-order valence-electron chi connectivity index (χ1n) is 5.06. The van der Waals surface area contributed by atoms with Crippen LogP contribution in [0.1, 0.15) is 40.0 Å². The Morgan fingerprint density at radius 1 is 1.15 bits per heavy atom. The average molecular weight is 178 g/mol. The van der Waals surface area contributed by atoms with Crippen molar-refractivity contribution < 1.29 is 0 Å². The number of allylic oxidation sites excluding steroid dienone is 3. The minimum absolute atomic E-state index is 0.478. The molecule has 13 heavy (non-hydrogen) atoms. The molecule has 0 spiro atoms. The molecule has 0 aromatic heterocycles. The van der Waals surface area contributed by atoms with Crippen LogP contribution in [0.15, 0.2) is 36.5 Å². The fourth-order valence-electron chi connectivity index (χ4n) is 1.12. The van der Waals surface area contributed by atoms with Crippen molar-refractivity contribution in [3.63, 3.8) is 0 Å². The maximum atomic E-state index is 4.04. The first kappa shape index (κ1) is 12.2. The van der Waals surface area contributed by atoms with E-state index < -0.39 is 0 Å². The molecule has 0 heterocycles. The number of rotatable bonds is 6. The predicted molar refractivity (Wildman–Crippen MR) is 61.8 cm³/mol. The molecule has 0 fully saturated rings. The van der Waals surface area contributed by atoms with Crippen molar-refractivity contribution in [1.82, 2.24) is 0 Å². The van der Waals surface area contributed by atoms with Gasteiger partial charge in [0, 0.05) is 0 Å². The molecule has 0 N–H and O–H groups in total. The van der Waals surface area contributed by atoms with E-state index in [9.17, 15) is 0 Å². The first-order chi connectivity index (χ1) is 6.00. The molecule has 0 heteroatoms. The maximum absolute atomic E-state index is 4.04. The van der Waals surface area contributed by atoms with Crippen molar-refractivity contribution in [2.45, 2.75) is 40.0 Å². The van der Waals surface area contributed by atoms with Gasteiger partial charge in [0.05, 0.1) is 0 Å². The molecule has 0 aromatic carbocycles. The lowest BCUT2D eigenvalue weighted by Crippen LogP contribution is -1.98. The Hall–Kier alpha value is -0.780. The Morgan fingerprint density at radius 3 is 2.08 bits per heavy atom. The van der Waals surface area contributed by atoms with Gasteiger partial charge < -0.3 is 0 Å². The molecule has 0 unspecified atom stereocenters. The highest BCUT2D eigenvalue weighted by molar-refractivity contribution is 5.42. The lowest BCUT2D eigenvalue weighted by molar-refractivity contribution is 0.762. The van der Waals surface area contributed by atoms with Crippen molar-refractivity contribution >= 4 is 0 Å². The summed E-state index contributed by atoms with van der Waals surface area (Å²) in [6, 6.07) is 0. The third kappa shape index (κ3) is 4.12. The van der Waals surface area contributed by atoms with E-state index in [1.54, 1.807) is 0 Å². The molecule has 0 aliphatic heterocycles. The second-order valence-electron chi connectivity index (χ2n) is 3.87. The summed E-state index contributed by atoms with van der Waals surface area (Å²) in [5.41, 5.74) is 3.34. The summed E-state index contributed by atoms with van der Waals surface area (Å²) in [5.74, 6) is 0.478. The van der Waals surface area contributed by atoms with Gasteiger partial charge in [0.15, 0.2) is 0 Å². The summed E-state index contributed by atoms with van der Waals surface area (Å²) in [4.78, 5) is 0. The molecule has 0 nitrogen and oxygen atoms in total. The summed E-state index contributed by atoms with van der Waals surface area (Å²) in [6.45, 7) is 18.6. The summed E-state index contributed by atoms with van der Waals surface area (Å²) in [7, 11) is 0. The van der Waals surface area contributed by atoms with Crippen LogP contribution in [0.3, 0.4) is 0 Å². The fraction of sp³-hybridized carbons (Fsp3) is 0.538. The quantitative estimate of drug-likeness (QED) is 0.525. The molecule has 0 aliphatic rings. The minimum atomic E-state index is 0.478. The van der Waals surface area contributed by atoms with E-state index in [-0.39, 0.29) is 0 Å². The SMILES string of the molecule is C=C(CCCC)C(=C)C(=C)C(C)C. The van der Waals surface area contributed by atoms with Crippen LogP contribution >= 0.6 is 0 Å². The van der Waals surface area contributed by atoms with Gasteiger partial charge in [-0.15, -0.1) is 0 Å². The molecule has 0 amide bonds. The molecule has 0 bridgehead atoms. The van der Waals surface area contributed by atoms with Crippen molar-refractivity contribution in [1.29, 1.82) is 0 Å². The van der Waals surface area contributed by atoms with Crippen molar-refractivity contribution in [2.24, 2.45) is 5.92 Å². The van der Waals surface area contributed by atoms with Gasteiger partial charge in [0.25, 0.3) is 0 Å². The second-order valence-corrected chi connectivity index (χ2v) is 3.87. The van der Waals surface area contributed by atoms with E-state index in [2.05, 4.69) is 40.5 Å². The van der Waals surface area contributed by atoms with E-state index in [0.29, 0.717) is 5.92 Å². The van der Waals surface area contributed by atoms with Crippen molar-refractivity contribution in [3.05, 3.63) is 36.5 Å². The van der Waals surface area contributed by atoms with E-state index in [1.165, 1.54) is 12.8 Å². The second kappa shape index (κ2) is 5.80. The summed E-state index contributed by atoms with van der Waals surface area (Å²) < 4.78 is 0. The normalized spacial score (nSPS) is 10.2. The van der Waals surface area contributed by atoms with Gasteiger partial charge in [0.2, 0.25) is 0 Å². The Kier molecular flexibility index (Phi) is 5.45. The van der Waals surface area contributed by atoms with Crippen LogP contribution in [-0.4, -0.2) is 0 Å². The zero-order valence-corrected chi connectivity index (χ0v) is 9.32. The van der Waals surface area contributed by atoms with Gasteiger partial charge >= 0.3 is 0 Å². The molecule has 0 saturated heterocycles. The smallest absolute Gasteiger partial charge is 0.0219 e. The van der Waals surface area contributed by atoms with Crippen LogP contribution in [0.2, 0.25) is 0 Å². The summed E-state index contributed by atoms with van der Waals surface area (Å²) in [6.07, 6.45) is 3.46.